The third-order valence-corrected chi connectivity index (χ3v) is 4.79. The highest BCUT2D eigenvalue weighted by molar-refractivity contribution is 7.71. The van der Waals surface area contributed by atoms with Crippen LogP contribution in [0.1, 0.15) is 23.2 Å². The molecule has 122 valence electrons. The summed E-state index contributed by atoms with van der Waals surface area (Å²) in [4.78, 5) is 18.0. The standard InChI is InChI=1S/C16H18N2O4S/c19-14(11-1-2-12-13(9-11)22-15(23)17-12)18-5-8-21-16(10-18)3-6-20-7-4-16/h1-2,9H,3-8,10H2,(H,17,23). The molecule has 1 amide bonds. The van der Waals surface area contributed by atoms with Crippen molar-refractivity contribution >= 4 is 29.2 Å². The maximum absolute atomic E-state index is 12.8. The van der Waals surface area contributed by atoms with Crippen molar-refractivity contribution < 1.29 is 18.7 Å². The number of nitrogens with zero attached hydrogens (tertiary/aromatic N) is 1. The molecule has 0 bridgehead atoms. The Morgan fingerprint density at radius 3 is 2.91 bits per heavy atom. The van der Waals surface area contributed by atoms with Crippen LogP contribution >= 0.6 is 12.2 Å². The number of nitrogens with one attached hydrogen (secondary N) is 1. The lowest BCUT2D eigenvalue weighted by Gasteiger charge is -2.44. The van der Waals surface area contributed by atoms with E-state index < -0.39 is 0 Å². The van der Waals surface area contributed by atoms with Gasteiger partial charge in [-0.15, -0.1) is 0 Å². The normalized spacial score (nSPS) is 21.0. The van der Waals surface area contributed by atoms with Crippen LogP contribution in [0.5, 0.6) is 0 Å². The van der Waals surface area contributed by atoms with E-state index in [4.69, 9.17) is 26.1 Å². The Kier molecular flexibility index (Phi) is 3.71. The minimum Gasteiger partial charge on any atom is -0.429 e. The monoisotopic (exact) mass is 334 g/mol. The molecule has 6 nitrogen and oxygen atoms in total. The van der Waals surface area contributed by atoms with Crippen molar-refractivity contribution in [3.63, 3.8) is 0 Å². The molecule has 3 heterocycles. The quantitative estimate of drug-likeness (QED) is 0.812. The number of hydrogen-bond acceptors (Lipinski definition) is 5. The minimum absolute atomic E-state index is 0.00313. The highest BCUT2D eigenvalue weighted by Gasteiger charge is 2.39. The van der Waals surface area contributed by atoms with Crippen LogP contribution < -0.4 is 0 Å². The molecule has 2 saturated heterocycles. The Balaban J connectivity index is 1.58. The van der Waals surface area contributed by atoms with Crippen molar-refractivity contribution in [1.29, 1.82) is 0 Å². The number of oxazole rings is 1. The Morgan fingerprint density at radius 2 is 2.09 bits per heavy atom. The van der Waals surface area contributed by atoms with E-state index in [9.17, 15) is 4.79 Å². The predicted octanol–water partition coefficient (Wildman–Crippen LogP) is 2.51. The number of aromatic nitrogens is 1. The molecular formula is C16H18N2O4S. The van der Waals surface area contributed by atoms with Gasteiger partial charge in [0.2, 0.25) is 0 Å². The third kappa shape index (κ3) is 2.80. The van der Waals surface area contributed by atoms with E-state index in [1.165, 1.54) is 0 Å². The zero-order valence-electron chi connectivity index (χ0n) is 12.7. The predicted molar refractivity (Wildman–Crippen MR) is 86.0 cm³/mol. The molecule has 2 aliphatic heterocycles. The van der Waals surface area contributed by atoms with Crippen LogP contribution in [-0.2, 0) is 9.47 Å². The van der Waals surface area contributed by atoms with Gasteiger partial charge in [-0.2, -0.15) is 0 Å². The number of benzene rings is 1. The van der Waals surface area contributed by atoms with Crippen molar-refractivity contribution in [1.82, 2.24) is 9.88 Å². The third-order valence-electron chi connectivity index (χ3n) is 4.61. The van der Waals surface area contributed by atoms with Gasteiger partial charge in [0.1, 0.15) is 0 Å². The van der Waals surface area contributed by atoms with E-state index in [0.29, 0.717) is 48.9 Å². The first-order valence-electron chi connectivity index (χ1n) is 7.79. The maximum Gasteiger partial charge on any atom is 0.266 e. The van der Waals surface area contributed by atoms with Gasteiger partial charge in [-0.1, -0.05) is 0 Å². The SMILES string of the molecule is O=C(c1ccc2[nH]c(=S)oc2c1)N1CCOC2(CCOCC2)C1. The highest BCUT2D eigenvalue weighted by Crippen LogP contribution is 2.30. The number of H-pyrrole nitrogens is 1. The number of ether oxygens (including phenoxy) is 2. The summed E-state index contributed by atoms with van der Waals surface area (Å²) < 4.78 is 16.8. The van der Waals surface area contributed by atoms with Crippen LogP contribution in [0.3, 0.4) is 0 Å². The van der Waals surface area contributed by atoms with Crippen LogP contribution in [0.15, 0.2) is 22.6 Å². The summed E-state index contributed by atoms with van der Waals surface area (Å²) in [6.45, 7) is 3.17. The van der Waals surface area contributed by atoms with Gasteiger partial charge in [0.05, 0.1) is 24.3 Å². The van der Waals surface area contributed by atoms with Crippen molar-refractivity contribution in [2.24, 2.45) is 0 Å². The van der Waals surface area contributed by atoms with Gasteiger partial charge >= 0.3 is 0 Å². The van der Waals surface area contributed by atoms with E-state index in [2.05, 4.69) is 4.98 Å². The van der Waals surface area contributed by atoms with E-state index in [-0.39, 0.29) is 11.5 Å². The van der Waals surface area contributed by atoms with Crippen molar-refractivity contribution in [2.45, 2.75) is 18.4 Å². The lowest BCUT2D eigenvalue weighted by atomic mass is 9.92. The lowest BCUT2D eigenvalue weighted by Crippen LogP contribution is -2.55. The number of amides is 1. The van der Waals surface area contributed by atoms with E-state index in [0.717, 1.165) is 18.4 Å². The second-order valence-corrected chi connectivity index (χ2v) is 6.47. The van der Waals surface area contributed by atoms with E-state index in [1.54, 1.807) is 12.1 Å². The smallest absolute Gasteiger partial charge is 0.266 e. The second-order valence-electron chi connectivity index (χ2n) is 6.10. The number of rotatable bonds is 1. The summed E-state index contributed by atoms with van der Waals surface area (Å²) in [5, 5.41) is 0. The zero-order valence-corrected chi connectivity index (χ0v) is 13.5. The molecule has 0 saturated carbocycles. The fraction of sp³-hybridized carbons (Fsp3) is 0.500. The topological polar surface area (TPSA) is 67.7 Å². The van der Waals surface area contributed by atoms with Crippen LogP contribution in [-0.4, -0.2) is 54.3 Å². The number of aromatic amines is 1. The first-order chi connectivity index (χ1) is 11.2. The van der Waals surface area contributed by atoms with Gasteiger partial charge < -0.3 is 23.8 Å². The van der Waals surface area contributed by atoms with Crippen LogP contribution in [0, 0.1) is 4.84 Å². The summed E-state index contributed by atoms with van der Waals surface area (Å²) in [5.41, 5.74) is 1.77. The van der Waals surface area contributed by atoms with Gasteiger partial charge in [0, 0.05) is 38.2 Å². The second kappa shape index (κ2) is 5.74. The minimum atomic E-state index is -0.248. The number of hydrogen-bond donors (Lipinski definition) is 1. The number of carbonyl (C=O) groups excluding carboxylic acids is 1. The average Bonchev–Trinajstić information content (AvgIpc) is 2.94. The van der Waals surface area contributed by atoms with E-state index >= 15 is 0 Å². The molecule has 2 fully saturated rings. The summed E-state index contributed by atoms with van der Waals surface area (Å²) in [6.07, 6.45) is 1.67. The van der Waals surface area contributed by atoms with E-state index in [1.807, 2.05) is 11.0 Å². The first-order valence-corrected chi connectivity index (χ1v) is 8.20. The Morgan fingerprint density at radius 1 is 1.26 bits per heavy atom. The number of carbonyl (C=O) groups is 1. The molecule has 1 spiro atoms. The number of morpholine rings is 1. The van der Waals surface area contributed by atoms with Crippen molar-refractivity contribution in [3.8, 4) is 0 Å². The van der Waals surface area contributed by atoms with Crippen LogP contribution in [0.2, 0.25) is 0 Å². The molecule has 1 aromatic carbocycles. The molecule has 23 heavy (non-hydrogen) atoms. The van der Waals surface area contributed by atoms with Gasteiger partial charge in [-0.25, -0.2) is 0 Å². The molecular weight excluding hydrogens is 316 g/mol. The summed E-state index contributed by atoms with van der Waals surface area (Å²) >= 11 is 4.98. The molecule has 2 aromatic rings. The molecule has 1 N–H and O–H groups in total. The lowest BCUT2D eigenvalue weighted by molar-refractivity contribution is -0.146. The number of fused-ring (bicyclic) bond motifs is 1. The van der Waals surface area contributed by atoms with Gasteiger partial charge in [-0.3, -0.25) is 4.79 Å². The van der Waals surface area contributed by atoms with Crippen molar-refractivity contribution in [3.05, 3.63) is 28.6 Å². The molecule has 0 radical (unpaired) electrons. The average molecular weight is 334 g/mol. The maximum atomic E-state index is 12.8. The molecule has 2 aliphatic rings. The van der Waals surface area contributed by atoms with Crippen LogP contribution in [0.4, 0.5) is 0 Å². The Hall–Kier alpha value is -1.70. The fourth-order valence-electron chi connectivity index (χ4n) is 3.33. The summed E-state index contributed by atoms with van der Waals surface area (Å²) in [5.74, 6) is 0.00313. The zero-order chi connectivity index (χ0) is 15.9. The van der Waals surface area contributed by atoms with Crippen LogP contribution in [0.25, 0.3) is 11.1 Å². The highest BCUT2D eigenvalue weighted by atomic mass is 32.1. The van der Waals surface area contributed by atoms with Gasteiger partial charge in [0.25, 0.3) is 10.7 Å². The molecule has 4 rings (SSSR count). The molecule has 1 aromatic heterocycles. The van der Waals surface area contributed by atoms with Crippen molar-refractivity contribution in [2.75, 3.05) is 32.9 Å². The molecule has 7 heteroatoms. The summed E-state index contributed by atoms with van der Waals surface area (Å²) in [6, 6.07) is 5.38. The Bertz CT molecular complexity index is 785. The van der Waals surface area contributed by atoms with Gasteiger partial charge in [0.15, 0.2) is 5.58 Å². The first kappa shape index (κ1) is 14.9. The fourth-order valence-corrected chi connectivity index (χ4v) is 3.52. The largest absolute Gasteiger partial charge is 0.429 e. The molecule has 0 aliphatic carbocycles. The van der Waals surface area contributed by atoms with Gasteiger partial charge in [-0.05, 0) is 30.4 Å². The molecule has 0 atom stereocenters. The Labute approximate surface area is 138 Å². The summed E-state index contributed by atoms with van der Waals surface area (Å²) in [7, 11) is 0. The molecule has 0 unspecified atom stereocenters.